The molecule has 2 rings (SSSR count). The SMILES string of the molecule is CNC(c1ccsc1)c1ccccc1OC(F)F. The lowest BCUT2D eigenvalue weighted by atomic mass is 10.0. The van der Waals surface area contributed by atoms with Gasteiger partial charge in [-0.1, -0.05) is 18.2 Å². The molecule has 1 atom stereocenters. The molecule has 1 aromatic heterocycles. The average molecular weight is 269 g/mol. The van der Waals surface area contributed by atoms with Crippen molar-refractivity contribution in [1.29, 1.82) is 0 Å². The first-order valence-electron chi connectivity index (χ1n) is 5.45. The van der Waals surface area contributed by atoms with Crippen molar-refractivity contribution in [3.63, 3.8) is 0 Å². The maximum Gasteiger partial charge on any atom is 0.387 e. The highest BCUT2D eigenvalue weighted by molar-refractivity contribution is 7.08. The van der Waals surface area contributed by atoms with Crippen LogP contribution in [0.3, 0.4) is 0 Å². The van der Waals surface area contributed by atoms with Crippen LogP contribution in [0.15, 0.2) is 41.1 Å². The topological polar surface area (TPSA) is 21.3 Å². The highest BCUT2D eigenvalue weighted by Gasteiger charge is 2.18. The van der Waals surface area contributed by atoms with Gasteiger partial charge in [0.15, 0.2) is 0 Å². The van der Waals surface area contributed by atoms with E-state index in [1.807, 2.05) is 22.9 Å². The second kappa shape index (κ2) is 5.93. The van der Waals surface area contributed by atoms with E-state index in [4.69, 9.17) is 0 Å². The molecule has 5 heteroatoms. The number of rotatable bonds is 5. The summed E-state index contributed by atoms with van der Waals surface area (Å²) in [6, 6.07) is 8.65. The minimum Gasteiger partial charge on any atom is -0.434 e. The third kappa shape index (κ3) is 2.86. The first kappa shape index (κ1) is 13.0. The first-order chi connectivity index (χ1) is 8.72. The van der Waals surface area contributed by atoms with Gasteiger partial charge in [0.2, 0.25) is 0 Å². The molecule has 2 nitrogen and oxygen atoms in total. The van der Waals surface area contributed by atoms with Gasteiger partial charge in [0, 0.05) is 5.56 Å². The van der Waals surface area contributed by atoms with Crippen LogP contribution < -0.4 is 10.1 Å². The van der Waals surface area contributed by atoms with Crippen molar-refractivity contribution >= 4 is 11.3 Å². The Hall–Kier alpha value is -1.46. The van der Waals surface area contributed by atoms with Crippen LogP contribution in [0.25, 0.3) is 0 Å². The third-order valence-electron chi connectivity index (χ3n) is 2.61. The lowest BCUT2D eigenvalue weighted by molar-refractivity contribution is -0.0506. The lowest BCUT2D eigenvalue weighted by Crippen LogP contribution is -2.18. The fraction of sp³-hybridized carbons (Fsp3) is 0.231. The van der Waals surface area contributed by atoms with E-state index < -0.39 is 6.61 Å². The van der Waals surface area contributed by atoms with Crippen LogP contribution in [0.5, 0.6) is 5.75 Å². The van der Waals surface area contributed by atoms with Crippen molar-refractivity contribution < 1.29 is 13.5 Å². The fourth-order valence-electron chi connectivity index (χ4n) is 1.86. The van der Waals surface area contributed by atoms with Crippen molar-refractivity contribution in [3.05, 3.63) is 52.2 Å². The van der Waals surface area contributed by atoms with E-state index in [9.17, 15) is 8.78 Å². The van der Waals surface area contributed by atoms with Gasteiger partial charge in [-0.3, -0.25) is 0 Å². The second-order valence-corrected chi connectivity index (χ2v) is 4.47. The molecule has 0 spiro atoms. The number of halogens is 2. The number of benzene rings is 1. The highest BCUT2D eigenvalue weighted by atomic mass is 32.1. The van der Waals surface area contributed by atoms with E-state index in [-0.39, 0.29) is 11.8 Å². The molecular weight excluding hydrogens is 256 g/mol. The van der Waals surface area contributed by atoms with Gasteiger partial charge in [-0.05, 0) is 35.5 Å². The maximum absolute atomic E-state index is 12.4. The molecule has 0 amide bonds. The molecule has 2 aromatic rings. The van der Waals surface area contributed by atoms with Gasteiger partial charge >= 0.3 is 6.61 Å². The van der Waals surface area contributed by atoms with Gasteiger partial charge < -0.3 is 10.1 Å². The number of hydrogen-bond donors (Lipinski definition) is 1. The Bertz CT molecular complexity index is 487. The summed E-state index contributed by atoms with van der Waals surface area (Å²) in [7, 11) is 1.79. The van der Waals surface area contributed by atoms with Gasteiger partial charge in [-0.2, -0.15) is 20.1 Å². The van der Waals surface area contributed by atoms with Crippen molar-refractivity contribution in [2.24, 2.45) is 0 Å². The molecule has 0 radical (unpaired) electrons. The van der Waals surface area contributed by atoms with Gasteiger partial charge in [0.25, 0.3) is 0 Å². The Labute approximate surface area is 108 Å². The molecule has 0 saturated carbocycles. The molecule has 0 bridgehead atoms. The lowest BCUT2D eigenvalue weighted by Gasteiger charge is -2.19. The normalized spacial score (nSPS) is 12.7. The number of thiophene rings is 1. The summed E-state index contributed by atoms with van der Waals surface area (Å²) >= 11 is 1.57. The zero-order valence-electron chi connectivity index (χ0n) is 9.77. The molecule has 0 aliphatic carbocycles. The largest absolute Gasteiger partial charge is 0.434 e. The zero-order chi connectivity index (χ0) is 13.0. The summed E-state index contributed by atoms with van der Waals surface area (Å²) in [6.07, 6.45) is 0. The molecule has 1 unspecified atom stereocenters. The molecule has 18 heavy (non-hydrogen) atoms. The number of alkyl halides is 2. The van der Waals surface area contributed by atoms with Crippen LogP contribution in [-0.4, -0.2) is 13.7 Å². The van der Waals surface area contributed by atoms with E-state index in [1.54, 1.807) is 36.6 Å². The molecule has 1 heterocycles. The second-order valence-electron chi connectivity index (χ2n) is 3.69. The van der Waals surface area contributed by atoms with Gasteiger partial charge in [0.1, 0.15) is 5.75 Å². The number of ether oxygens (including phenoxy) is 1. The molecular formula is C13H13F2NOS. The summed E-state index contributed by atoms with van der Waals surface area (Å²) in [6.45, 7) is -2.81. The molecule has 1 aromatic carbocycles. The predicted molar refractivity (Wildman–Crippen MR) is 68.3 cm³/mol. The molecule has 1 N–H and O–H groups in total. The van der Waals surface area contributed by atoms with Crippen LogP contribution in [0.1, 0.15) is 17.2 Å². The van der Waals surface area contributed by atoms with Gasteiger partial charge in [0.05, 0.1) is 6.04 Å². The number of para-hydroxylation sites is 1. The van der Waals surface area contributed by atoms with Crippen LogP contribution in [0.2, 0.25) is 0 Å². The van der Waals surface area contributed by atoms with Gasteiger partial charge in [-0.15, -0.1) is 0 Å². The van der Waals surface area contributed by atoms with Gasteiger partial charge in [-0.25, -0.2) is 0 Å². The Kier molecular flexibility index (Phi) is 4.28. The number of nitrogens with one attached hydrogen (secondary N) is 1. The third-order valence-corrected chi connectivity index (χ3v) is 3.31. The standard InChI is InChI=1S/C13H13F2NOS/c1-16-12(9-6-7-18-8-9)10-4-2-3-5-11(10)17-13(14)15/h2-8,12-13,16H,1H3. The quantitative estimate of drug-likeness (QED) is 0.894. The van der Waals surface area contributed by atoms with Crippen LogP contribution in [0.4, 0.5) is 8.78 Å². The van der Waals surface area contributed by atoms with Crippen molar-refractivity contribution in [1.82, 2.24) is 5.32 Å². The molecule has 96 valence electrons. The van der Waals surface area contributed by atoms with E-state index in [0.717, 1.165) is 5.56 Å². The predicted octanol–water partition coefficient (Wildman–Crippen LogP) is 3.66. The maximum atomic E-state index is 12.4. The Morgan fingerprint density at radius 3 is 2.61 bits per heavy atom. The Morgan fingerprint density at radius 2 is 2.00 bits per heavy atom. The monoisotopic (exact) mass is 269 g/mol. The molecule has 0 aliphatic heterocycles. The zero-order valence-corrected chi connectivity index (χ0v) is 10.6. The average Bonchev–Trinajstić information content (AvgIpc) is 2.85. The summed E-state index contributed by atoms with van der Waals surface area (Å²) < 4.78 is 29.3. The van der Waals surface area contributed by atoms with Crippen molar-refractivity contribution in [2.75, 3.05) is 7.05 Å². The molecule has 0 saturated heterocycles. The smallest absolute Gasteiger partial charge is 0.387 e. The highest BCUT2D eigenvalue weighted by Crippen LogP contribution is 2.31. The number of hydrogen-bond acceptors (Lipinski definition) is 3. The summed E-state index contributed by atoms with van der Waals surface area (Å²) in [5, 5.41) is 7.06. The first-order valence-corrected chi connectivity index (χ1v) is 6.39. The van der Waals surface area contributed by atoms with Crippen molar-refractivity contribution in [2.45, 2.75) is 12.7 Å². The minimum absolute atomic E-state index is 0.147. The van der Waals surface area contributed by atoms with E-state index in [1.165, 1.54) is 0 Å². The Balaban J connectivity index is 2.36. The van der Waals surface area contributed by atoms with E-state index in [2.05, 4.69) is 10.1 Å². The van der Waals surface area contributed by atoms with Crippen LogP contribution in [-0.2, 0) is 0 Å². The summed E-state index contributed by atoms with van der Waals surface area (Å²) in [4.78, 5) is 0. The van der Waals surface area contributed by atoms with E-state index in [0.29, 0.717) is 5.56 Å². The van der Waals surface area contributed by atoms with Crippen LogP contribution >= 0.6 is 11.3 Å². The van der Waals surface area contributed by atoms with E-state index >= 15 is 0 Å². The minimum atomic E-state index is -2.81. The fourth-order valence-corrected chi connectivity index (χ4v) is 2.55. The molecule has 0 aliphatic rings. The van der Waals surface area contributed by atoms with Crippen molar-refractivity contribution in [3.8, 4) is 5.75 Å². The summed E-state index contributed by atoms with van der Waals surface area (Å²) in [5.41, 5.74) is 1.74. The molecule has 0 fully saturated rings. The summed E-state index contributed by atoms with van der Waals surface area (Å²) in [5.74, 6) is 0.207. The van der Waals surface area contributed by atoms with Crippen LogP contribution in [0, 0.1) is 0 Å². The Morgan fingerprint density at radius 1 is 1.22 bits per heavy atom.